The van der Waals surface area contributed by atoms with E-state index in [2.05, 4.69) is 30.5 Å². The first-order valence-corrected chi connectivity index (χ1v) is 10.7. The number of halogens is 1. The number of imidazole rings is 1. The maximum atomic E-state index is 14.6. The molecule has 0 saturated heterocycles. The lowest BCUT2D eigenvalue weighted by Crippen LogP contribution is -2.17. The van der Waals surface area contributed by atoms with Gasteiger partial charge in [0.05, 0.1) is 17.9 Å². The molecule has 3 aromatic heterocycles. The molecule has 0 aliphatic rings. The van der Waals surface area contributed by atoms with Crippen LogP contribution in [0.5, 0.6) is 0 Å². The minimum Gasteiger partial charge on any atom is -0.399 e. The maximum Gasteiger partial charge on any atom is 0.251 e. The molecule has 5 rings (SSSR count). The molecule has 5 aromatic rings. The second-order valence-electron chi connectivity index (χ2n) is 7.31. The second-order valence-corrected chi connectivity index (χ2v) is 7.71. The fourth-order valence-electron chi connectivity index (χ4n) is 3.62. The highest BCUT2D eigenvalue weighted by molar-refractivity contribution is 7.80. The Kier molecular flexibility index (Phi) is 5.64. The molecule has 0 amide bonds. The number of rotatable bonds is 5. The topological polar surface area (TPSA) is 89.6 Å². The van der Waals surface area contributed by atoms with Crippen LogP contribution in [0.15, 0.2) is 72.3 Å². The quantitative estimate of drug-likeness (QED) is 0.237. The van der Waals surface area contributed by atoms with Gasteiger partial charge in [-0.2, -0.15) is 9.61 Å². The standard InChI is InChI=1S/C24H18FN7OS/c1-26-23(34)17-7-5-15(11-18(17)25)20-12-28-24-29-13-21(32(24)30-20)22(31-33-2)16-6-8-19-14(10-16)4-3-9-27-19/h3-13H,1-2H3,(H,26,34)/b31-22+. The van der Waals surface area contributed by atoms with Gasteiger partial charge in [-0.1, -0.05) is 35.6 Å². The monoisotopic (exact) mass is 471 g/mol. The summed E-state index contributed by atoms with van der Waals surface area (Å²) in [4.78, 5) is 18.6. The van der Waals surface area contributed by atoms with E-state index < -0.39 is 5.82 Å². The van der Waals surface area contributed by atoms with Crippen LogP contribution in [0, 0.1) is 5.82 Å². The van der Waals surface area contributed by atoms with E-state index in [1.54, 1.807) is 42.3 Å². The molecule has 0 spiro atoms. The highest BCUT2D eigenvalue weighted by atomic mass is 32.1. The zero-order valence-corrected chi connectivity index (χ0v) is 19.0. The van der Waals surface area contributed by atoms with Gasteiger partial charge in [-0.3, -0.25) is 4.98 Å². The first-order chi connectivity index (χ1) is 16.6. The molecule has 0 aliphatic heterocycles. The van der Waals surface area contributed by atoms with E-state index in [0.717, 1.165) is 16.5 Å². The number of thiocarbonyl (C=S) groups is 1. The van der Waals surface area contributed by atoms with Gasteiger partial charge in [-0.05, 0) is 30.3 Å². The van der Waals surface area contributed by atoms with Gasteiger partial charge < -0.3 is 10.2 Å². The Morgan fingerprint density at radius 1 is 1.09 bits per heavy atom. The van der Waals surface area contributed by atoms with Crippen LogP contribution in [0.3, 0.4) is 0 Å². The number of hydrogen-bond acceptors (Lipinski definition) is 7. The lowest BCUT2D eigenvalue weighted by atomic mass is 10.1. The number of nitrogens with one attached hydrogen (secondary N) is 1. The van der Waals surface area contributed by atoms with Crippen LogP contribution in [0.25, 0.3) is 27.9 Å². The molecule has 0 aliphatic carbocycles. The summed E-state index contributed by atoms with van der Waals surface area (Å²) < 4.78 is 16.2. The molecular formula is C24H18FN7OS. The van der Waals surface area contributed by atoms with Gasteiger partial charge in [-0.15, -0.1) is 0 Å². The van der Waals surface area contributed by atoms with Gasteiger partial charge >= 0.3 is 0 Å². The van der Waals surface area contributed by atoms with E-state index in [0.29, 0.717) is 39.0 Å². The molecule has 34 heavy (non-hydrogen) atoms. The average molecular weight is 472 g/mol. The third kappa shape index (κ3) is 3.84. The van der Waals surface area contributed by atoms with Gasteiger partial charge in [0.1, 0.15) is 35.0 Å². The number of hydrogen-bond donors (Lipinski definition) is 1. The number of aromatic nitrogens is 5. The van der Waals surface area contributed by atoms with Crippen molar-refractivity contribution in [1.82, 2.24) is 29.9 Å². The minimum atomic E-state index is -0.448. The molecule has 0 unspecified atom stereocenters. The molecule has 2 aromatic carbocycles. The highest BCUT2D eigenvalue weighted by Gasteiger charge is 2.17. The smallest absolute Gasteiger partial charge is 0.251 e. The molecule has 10 heteroatoms. The lowest BCUT2D eigenvalue weighted by molar-refractivity contribution is 0.214. The fraction of sp³-hybridized carbons (Fsp3) is 0.0833. The van der Waals surface area contributed by atoms with Crippen molar-refractivity contribution in [2.75, 3.05) is 14.2 Å². The Balaban J connectivity index is 1.61. The van der Waals surface area contributed by atoms with Crippen LogP contribution in [-0.2, 0) is 4.84 Å². The summed E-state index contributed by atoms with van der Waals surface area (Å²) in [5, 5.41) is 12.6. The Bertz CT molecular complexity index is 1580. The molecule has 0 atom stereocenters. The van der Waals surface area contributed by atoms with Crippen LogP contribution >= 0.6 is 12.2 Å². The minimum absolute atomic E-state index is 0.318. The average Bonchev–Trinajstić information content (AvgIpc) is 3.29. The number of benzene rings is 2. The summed E-state index contributed by atoms with van der Waals surface area (Å²) in [5.74, 6) is -0.0746. The van der Waals surface area contributed by atoms with Gasteiger partial charge in [0, 0.05) is 35.3 Å². The van der Waals surface area contributed by atoms with Crippen molar-refractivity contribution in [2.24, 2.45) is 5.16 Å². The lowest BCUT2D eigenvalue weighted by Gasteiger charge is -2.09. The van der Waals surface area contributed by atoms with Gasteiger partial charge in [-0.25, -0.2) is 14.4 Å². The van der Waals surface area contributed by atoms with E-state index in [4.69, 9.17) is 17.1 Å². The normalized spacial score (nSPS) is 11.7. The number of pyridine rings is 1. The van der Waals surface area contributed by atoms with Gasteiger partial charge in [0.2, 0.25) is 0 Å². The maximum absolute atomic E-state index is 14.6. The number of nitrogens with zero attached hydrogens (tertiary/aromatic N) is 6. The van der Waals surface area contributed by atoms with E-state index in [1.165, 1.54) is 13.2 Å². The predicted molar refractivity (Wildman–Crippen MR) is 131 cm³/mol. The van der Waals surface area contributed by atoms with Crippen LogP contribution in [-0.4, -0.2) is 49.4 Å². The van der Waals surface area contributed by atoms with Crippen LogP contribution in [0.4, 0.5) is 4.39 Å². The molecule has 0 radical (unpaired) electrons. The van der Waals surface area contributed by atoms with Gasteiger partial charge in [0.25, 0.3) is 5.78 Å². The first kappa shape index (κ1) is 21.5. The third-order valence-corrected chi connectivity index (χ3v) is 5.69. The fourth-order valence-corrected chi connectivity index (χ4v) is 3.79. The largest absolute Gasteiger partial charge is 0.399 e. The van der Waals surface area contributed by atoms with Crippen LogP contribution < -0.4 is 5.32 Å². The highest BCUT2D eigenvalue weighted by Crippen LogP contribution is 2.22. The van der Waals surface area contributed by atoms with Crippen molar-refractivity contribution in [1.29, 1.82) is 0 Å². The summed E-state index contributed by atoms with van der Waals surface area (Å²) >= 11 is 5.15. The zero-order valence-electron chi connectivity index (χ0n) is 18.2. The van der Waals surface area contributed by atoms with Crippen LogP contribution in [0.2, 0.25) is 0 Å². The molecule has 0 saturated carbocycles. The van der Waals surface area contributed by atoms with Crippen molar-refractivity contribution in [3.63, 3.8) is 0 Å². The SMILES string of the molecule is CNC(=S)c1ccc(-c2cnc3ncc(/C(=N/OC)c4ccc5ncccc5c4)n3n2)cc1F. The third-order valence-electron chi connectivity index (χ3n) is 5.27. The summed E-state index contributed by atoms with van der Waals surface area (Å²) in [6, 6.07) is 14.4. The van der Waals surface area contributed by atoms with Crippen molar-refractivity contribution in [2.45, 2.75) is 0 Å². The van der Waals surface area contributed by atoms with Crippen molar-refractivity contribution >= 4 is 39.6 Å². The molecule has 3 heterocycles. The van der Waals surface area contributed by atoms with Crippen molar-refractivity contribution in [3.05, 3.63) is 89.8 Å². The van der Waals surface area contributed by atoms with E-state index in [9.17, 15) is 4.39 Å². The predicted octanol–water partition coefficient (Wildman–Crippen LogP) is 3.77. The Labute approximate surface area is 199 Å². The first-order valence-electron chi connectivity index (χ1n) is 10.3. The zero-order chi connectivity index (χ0) is 23.7. The molecule has 0 fully saturated rings. The van der Waals surface area contributed by atoms with E-state index in [1.807, 2.05) is 30.3 Å². The van der Waals surface area contributed by atoms with Crippen molar-refractivity contribution in [3.8, 4) is 11.3 Å². The molecular weight excluding hydrogens is 453 g/mol. The Morgan fingerprint density at radius 2 is 1.94 bits per heavy atom. The molecule has 1 N–H and O–H groups in total. The summed E-state index contributed by atoms with van der Waals surface area (Å²) in [6.07, 6.45) is 4.92. The van der Waals surface area contributed by atoms with Crippen molar-refractivity contribution < 1.29 is 9.23 Å². The number of fused-ring (bicyclic) bond motifs is 2. The van der Waals surface area contributed by atoms with E-state index >= 15 is 0 Å². The van der Waals surface area contributed by atoms with Gasteiger partial charge in [0.15, 0.2) is 0 Å². The molecule has 168 valence electrons. The summed E-state index contributed by atoms with van der Waals surface area (Å²) in [5.41, 5.74) is 4.09. The number of oxime groups is 1. The Morgan fingerprint density at radius 3 is 2.74 bits per heavy atom. The summed E-state index contributed by atoms with van der Waals surface area (Å²) in [7, 11) is 3.13. The Hall–Kier alpha value is -4.31. The molecule has 8 nitrogen and oxygen atoms in total. The van der Waals surface area contributed by atoms with E-state index in [-0.39, 0.29) is 0 Å². The summed E-state index contributed by atoms with van der Waals surface area (Å²) in [6.45, 7) is 0. The molecule has 0 bridgehead atoms. The second kappa shape index (κ2) is 8.91. The van der Waals surface area contributed by atoms with Crippen LogP contribution in [0.1, 0.15) is 16.8 Å².